The first-order chi connectivity index (χ1) is 15.2. The number of benzene rings is 2. The highest BCUT2D eigenvalue weighted by Crippen LogP contribution is 2.32. The molecule has 0 fully saturated rings. The molecular weight excluding hydrogens is 447 g/mol. The lowest BCUT2D eigenvalue weighted by Gasteiger charge is -2.12. The van der Waals surface area contributed by atoms with Crippen LogP contribution in [0.2, 0.25) is 0 Å². The van der Waals surface area contributed by atoms with Gasteiger partial charge in [-0.3, -0.25) is 9.59 Å². The maximum atomic E-state index is 12.7. The third-order valence-electron chi connectivity index (χ3n) is 4.17. The Balaban J connectivity index is 1.65. The summed E-state index contributed by atoms with van der Waals surface area (Å²) in [6, 6.07) is 9.33. The summed E-state index contributed by atoms with van der Waals surface area (Å²) in [6.07, 6.45) is -4.45. The quantitative estimate of drug-likeness (QED) is 0.526. The first kappa shape index (κ1) is 23.1. The van der Waals surface area contributed by atoms with Crippen molar-refractivity contribution in [3.05, 3.63) is 59.1 Å². The summed E-state index contributed by atoms with van der Waals surface area (Å²) >= 11 is 1.23. The van der Waals surface area contributed by atoms with Gasteiger partial charge in [-0.15, -0.1) is 11.3 Å². The minimum absolute atomic E-state index is 0.0410. The van der Waals surface area contributed by atoms with Crippen LogP contribution in [0.15, 0.2) is 47.8 Å². The Hall–Kier alpha value is -3.60. The molecule has 0 aliphatic heterocycles. The van der Waals surface area contributed by atoms with Crippen LogP contribution in [-0.4, -0.2) is 30.5 Å². The van der Waals surface area contributed by atoms with E-state index in [-0.39, 0.29) is 24.7 Å². The van der Waals surface area contributed by atoms with Crippen molar-refractivity contribution in [2.45, 2.75) is 12.6 Å². The molecule has 1 aromatic heterocycles. The number of anilines is 1. The van der Waals surface area contributed by atoms with E-state index in [0.717, 1.165) is 12.1 Å². The van der Waals surface area contributed by atoms with Gasteiger partial charge >= 0.3 is 6.18 Å². The van der Waals surface area contributed by atoms with Crippen molar-refractivity contribution in [1.82, 2.24) is 4.98 Å². The van der Waals surface area contributed by atoms with Crippen molar-refractivity contribution in [2.75, 3.05) is 19.0 Å². The molecule has 168 valence electrons. The molecule has 0 aliphatic carbocycles. The number of nitrogens with zero attached hydrogens (tertiary/aromatic N) is 1. The largest absolute Gasteiger partial charge is 0.493 e. The Bertz CT molecular complexity index is 1110. The van der Waals surface area contributed by atoms with Crippen LogP contribution < -0.4 is 20.5 Å². The molecule has 0 saturated carbocycles. The van der Waals surface area contributed by atoms with Gasteiger partial charge in [0.25, 0.3) is 5.91 Å². The summed E-state index contributed by atoms with van der Waals surface area (Å²) in [5.41, 5.74) is 5.75. The Kier molecular flexibility index (Phi) is 6.98. The van der Waals surface area contributed by atoms with E-state index in [1.165, 1.54) is 36.6 Å². The van der Waals surface area contributed by atoms with E-state index in [4.69, 9.17) is 15.2 Å². The maximum absolute atomic E-state index is 12.7. The standard InChI is InChI=1S/C21H18F3N3O4S/c1-30-16-7-6-14(8-17(16)31-10-18(25)28)26-19(29)9-15-11-32-20(27-15)12-2-4-13(5-3-12)21(22,23)24/h2-8,11H,9-10H2,1H3,(H2,25,28)(H,26,29). The lowest BCUT2D eigenvalue weighted by Crippen LogP contribution is -2.20. The molecule has 0 unspecified atom stereocenters. The molecule has 0 saturated heterocycles. The predicted molar refractivity (Wildman–Crippen MR) is 113 cm³/mol. The zero-order chi connectivity index (χ0) is 23.3. The summed E-state index contributed by atoms with van der Waals surface area (Å²) in [4.78, 5) is 27.7. The Morgan fingerprint density at radius 3 is 2.47 bits per heavy atom. The fourth-order valence-corrected chi connectivity index (χ4v) is 3.53. The summed E-state index contributed by atoms with van der Waals surface area (Å²) in [5.74, 6) is -0.415. The second-order valence-corrected chi connectivity index (χ2v) is 7.42. The van der Waals surface area contributed by atoms with Gasteiger partial charge in [-0.25, -0.2) is 4.98 Å². The lowest BCUT2D eigenvalue weighted by atomic mass is 10.1. The van der Waals surface area contributed by atoms with Crippen LogP contribution >= 0.6 is 11.3 Å². The molecule has 2 amide bonds. The van der Waals surface area contributed by atoms with Crippen molar-refractivity contribution >= 4 is 28.8 Å². The highest BCUT2D eigenvalue weighted by molar-refractivity contribution is 7.13. The number of thiazole rings is 1. The monoisotopic (exact) mass is 465 g/mol. The summed E-state index contributed by atoms with van der Waals surface area (Å²) in [5, 5.41) is 4.87. The van der Waals surface area contributed by atoms with Crippen LogP contribution in [0.1, 0.15) is 11.3 Å². The first-order valence-corrected chi connectivity index (χ1v) is 10.0. The molecule has 0 spiro atoms. The van der Waals surface area contributed by atoms with Crippen LogP contribution in [0.25, 0.3) is 10.6 Å². The van der Waals surface area contributed by atoms with E-state index >= 15 is 0 Å². The van der Waals surface area contributed by atoms with Gasteiger partial charge in [0, 0.05) is 22.7 Å². The van der Waals surface area contributed by atoms with Gasteiger partial charge in [0.05, 0.1) is 24.8 Å². The number of carbonyl (C=O) groups is 2. The zero-order valence-electron chi connectivity index (χ0n) is 16.7. The topological polar surface area (TPSA) is 104 Å². The molecule has 2 aromatic carbocycles. The number of rotatable bonds is 8. The van der Waals surface area contributed by atoms with Gasteiger partial charge < -0.3 is 20.5 Å². The Labute approximate surface area is 185 Å². The molecule has 0 atom stereocenters. The number of halogens is 3. The van der Waals surface area contributed by atoms with E-state index in [0.29, 0.717) is 27.7 Å². The van der Waals surface area contributed by atoms with Crippen molar-refractivity contribution < 1.29 is 32.2 Å². The highest BCUT2D eigenvalue weighted by Gasteiger charge is 2.30. The molecule has 0 bridgehead atoms. The number of nitrogens with one attached hydrogen (secondary N) is 1. The average molecular weight is 465 g/mol. The fraction of sp³-hybridized carbons (Fsp3) is 0.190. The summed E-state index contributed by atoms with van der Waals surface area (Å²) in [7, 11) is 1.43. The van der Waals surface area contributed by atoms with Gasteiger partial charge in [0.1, 0.15) is 5.01 Å². The molecule has 32 heavy (non-hydrogen) atoms. The first-order valence-electron chi connectivity index (χ1n) is 9.16. The third kappa shape index (κ3) is 5.97. The molecular formula is C21H18F3N3O4S. The Morgan fingerprint density at radius 1 is 1.12 bits per heavy atom. The van der Waals surface area contributed by atoms with Gasteiger partial charge in [0.15, 0.2) is 18.1 Å². The van der Waals surface area contributed by atoms with E-state index < -0.39 is 17.6 Å². The SMILES string of the molecule is COc1ccc(NC(=O)Cc2csc(-c3ccc(C(F)(F)F)cc3)n2)cc1OCC(N)=O. The van der Waals surface area contributed by atoms with Crippen LogP contribution in [-0.2, 0) is 22.2 Å². The van der Waals surface area contributed by atoms with Gasteiger partial charge in [-0.2, -0.15) is 13.2 Å². The summed E-state index contributed by atoms with van der Waals surface area (Å²) in [6.45, 7) is -0.348. The van der Waals surface area contributed by atoms with Crippen LogP contribution in [0.3, 0.4) is 0 Å². The predicted octanol–water partition coefficient (Wildman–Crippen LogP) is 3.88. The van der Waals surface area contributed by atoms with Gasteiger partial charge in [-0.05, 0) is 24.3 Å². The van der Waals surface area contributed by atoms with Gasteiger partial charge in [-0.1, -0.05) is 12.1 Å². The number of ether oxygens (including phenoxy) is 2. The number of nitrogens with two attached hydrogens (primary N) is 1. The second-order valence-electron chi connectivity index (χ2n) is 6.56. The average Bonchev–Trinajstić information content (AvgIpc) is 3.20. The molecule has 7 nitrogen and oxygen atoms in total. The smallest absolute Gasteiger partial charge is 0.416 e. The van der Waals surface area contributed by atoms with E-state index in [1.54, 1.807) is 17.5 Å². The Morgan fingerprint density at radius 2 is 1.84 bits per heavy atom. The zero-order valence-corrected chi connectivity index (χ0v) is 17.5. The molecule has 0 radical (unpaired) electrons. The fourth-order valence-electron chi connectivity index (χ4n) is 2.71. The van der Waals surface area contributed by atoms with Crippen molar-refractivity contribution in [3.8, 4) is 22.1 Å². The number of amides is 2. The van der Waals surface area contributed by atoms with E-state index in [1.807, 2.05) is 0 Å². The lowest BCUT2D eigenvalue weighted by molar-refractivity contribution is -0.137. The molecule has 1 heterocycles. The van der Waals surface area contributed by atoms with Crippen molar-refractivity contribution in [2.24, 2.45) is 5.73 Å². The van der Waals surface area contributed by atoms with E-state index in [2.05, 4.69) is 10.3 Å². The third-order valence-corrected chi connectivity index (χ3v) is 5.11. The van der Waals surface area contributed by atoms with Crippen molar-refractivity contribution in [3.63, 3.8) is 0 Å². The van der Waals surface area contributed by atoms with Crippen LogP contribution in [0.5, 0.6) is 11.5 Å². The van der Waals surface area contributed by atoms with Gasteiger partial charge in [0.2, 0.25) is 5.91 Å². The van der Waals surface area contributed by atoms with Crippen LogP contribution in [0.4, 0.5) is 18.9 Å². The molecule has 3 N–H and O–H groups in total. The molecule has 11 heteroatoms. The normalized spacial score (nSPS) is 11.1. The molecule has 3 aromatic rings. The number of hydrogen-bond acceptors (Lipinski definition) is 6. The number of methoxy groups -OCH3 is 1. The van der Waals surface area contributed by atoms with Crippen molar-refractivity contribution in [1.29, 1.82) is 0 Å². The van der Waals surface area contributed by atoms with E-state index in [9.17, 15) is 22.8 Å². The second kappa shape index (κ2) is 9.69. The highest BCUT2D eigenvalue weighted by atomic mass is 32.1. The number of primary amides is 1. The number of aromatic nitrogens is 1. The minimum Gasteiger partial charge on any atom is -0.493 e. The minimum atomic E-state index is -4.41. The maximum Gasteiger partial charge on any atom is 0.416 e. The number of hydrogen-bond donors (Lipinski definition) is 2. The summed E-state index contributed by atoms with van der Waals surface area (Å²) < 4.78 is 48.5. The number of alkyl halides is 3. The van der Waals surface area contributed by atoms with Crippen LogP contribution in [0, 0.1) is 0 Å². The number of carbonyl (C=O) groups excluding carboxylic acids is 2. The molecule has 0 aliphatic rings. The molecule has 3 rings (SSSR count).